The van der Waals surface area contributed by atoms with E-state index in [1.54, 1.807) is 6.20 Å². The van der Waals surface area contributed by atoms with Gasteiger partial charge >= 0.3 is 0 Å². The van der Waals surface area contributed by atoms with Gasteiger partial charge < -0.3 is 0 Å². The molecule has 0 aliphatic rings. The van der Waals surface area contributed by atoms with Crippen LogP contribution in [0.5, 0.6) is 0 Å². The number of benzene rings is 1. The van der Waals surface area contributed by atoms with Crippen LogP contribution in [-0.2, 0) is 0 Å². The maximum absolute atomic E-state index is 11.0. The standard InChI is InChI=1S/C14H16N2O/c1-8-5-9(2)11(4)13(10(8)3)14-12(7-17)6-15-16-14/h5-7H,1-4H3,(H,15,16). The third kappa shape index (κ3) is 1.78. The lowest BCUT2D eigenvalue weighted by atomic mass is 9.91. The first kappa shape index (κ1) is 11.6. The Morgan fingerprint density at radius 2 is 1.71 bits per heavy atom. The molecule has 17 heavy (non-hydrogen) atoms. The Bertz CT molecular complexity index is 556. The van der Waals surface area contributed by atoms with Gasteiger partial charge in [-0.25, -0.2) is 0 Å². The van der Waals surface area contributed by atoms with Crippen LogP contribution in [0.2, 0.25) is 0 Å². The van der Waals surface area contributed by atoms with E-state index in [4.69, 9.17) is 0 Å². The number of aromatic nitrogens is 2. The normalized spacial score (nSPS) is 10.6. The molecule has 3 nitrogen and oxygen atoms in total. The first-order valence-electron chi connectivity index (χ1n) is 5.62. The first-order chi connectivity index (χ1) is 8.06. The van der Waals surface area contributed by atoms with Gasteiger partial charge in [0.25, 0.3) is 0 Å². The van der Waals surface area contributed by atoms with Crippen molar-refractivity contribution < 1.29 is 4.79 Å². The SMILES string of the molecule is Cc1cc(C)c(C)c(-c2[nH]ncc2C=O)c1C. The second-order valence-corrected chi connectivity index (χ2v) is 4.45. The van der Waals surface area contributed by atoms with Gasteiger partial charge in [0, 0.05) is 5.56 Å². The fourth-order valence-corrected chi connectivity index (χ4v) is 2.18. The maximum Gasteiger partial charge on any atom is 0.153 e. The van der Waals surface area contributed by atoms with Crippen LogP contribution in [0, 0.1) is 27.7 Å². The molecule has 2 rings (SSSR count). The number of hydrogen-bond acceptors (Lipinski definition) is 2. The summed E-state index contributed by atoms with van der Waals surface area (Å²) in [5.41, 5.74) is 7.38. The molecule has 0 atom stereocenters. The number of aromatic amines is 1. The molecule has 0 unspecified atom stereocenters. The number of carbonyl (C=O) groups excluding carboxylic acids is 1. The molecule has 0 spiro atoms. The van der Waals surface area contributed by atoms with Gasteiger partial charge in [-0.2, -0.15) is 5.10 Å². The molecule has 1 aromatic heterocycles. The van der Waals surface area contributed by atoms with Crippen molar-refractivity contribution in [2.24, 2.45) is 0 Å². The quantitative estimate of drug-likeness (QED) is 0.803. The van der Waals surface area contributed by atoms with E-state index in [1.807, 2.05) is 0 Å². The number of aldehydes is 1. The summed E-state index contributed by atoms with van der Waals surface area (Å²) in [4.78, 5) is 11.0. The summed E-state index contributed by atoms with van der Waals surface area (Å²) in [7, 11) is 0. The fourth-order valence-electron chi connectivity index (χ4n) is 2.18. The highest BCUT2D eigenvalue weighted by molar-refractivity contribution is 5.87. The Hall–Kier alpha value is -1.90. The van der Waals surface area contributed by atoms with Crippen molar-refractivity contribution in [1.82, 2.24) is 10.2 Å². The number of carbonyl (C=O) groups is 1. The van der Waals surface area contributed by atoms with E-state index in [-0.39, 0.29) is 0 Å². The average molecular weight is 228 g/mol. The lowest BCUT2D eigenvalue weighted by molar-refractivity contribution is 0.112. The summed E-state index contributed by atoms with van der Waals surface area (Å²) >= 11 is 0. The van der Waals surface area contributed by atoms with E-state index in [1.165, 1.54) is 22.3 Å². The molecular formula is C14H16N2O. The van der Waals surface area contributed by atoms with E-state index < -0.39 is 0 Å². The largest absolute Gasteiger partial charge is 0.298 e. The summed E-state index contributed by atoms with van der Waals surface area (Å²) < 4.78 is 0. The molecule has 0 aliphatic heterocycles. The van der Waals surface area contributed by atoms with E-state index >= 15 is 0 Å². The zero-order valence-electron chi connectivity index (χ0n) is 10.6. The van der Waals surface area contributed by atoms with Gasteiger partial charge in [0.1, 0.15) is 0 Å². The molecule has 0 aliphatic carbocycles. The Morgan fingerprint density at radius 1 is 1.12 bits per heavy atom. The molecule has 1 aromatic carbocycles. The van der Waals surface area contributed by atoms with Crippen molar-refractivity contribution in [3.05, 3.63) is 40.1 Å². The summed E-state index contributed by atoms with van der Waals surface area (Å²) in [6, 6.07) is 2.17. The molecule has 1 heterocycles. The van der Waals surface area contributed by atoms with Gasteiger partial charge in [-0.05, 0) is 49.9 Å². The maximum atomic E-state index is 11.0. The highest BCUT2D eigenvalue weighted by atomic mass is 16.1. The Balaban J connectivity index is 2.79. The minimum absolute atomic E-state index is 0.612. The van der Waals surface area contributed by atoms with Crippen molar-refractivity contribution in [2.45, 2.75) is 27.7 Å². The van der Waals surface area contributed by atoms with E-state index in [0.717, 1.165) is 17.5 Å². The molecule has 1 N–H and O–H groups in total. The molecular weight excluding hydrogens is 212 g/mol. The second-order valence-electron chi connectivity index (χ2n) is 4.45. The van der Waals surface area contributed by atoms with Crippen molar-refractivity contribution >= 4 is 6.29 Å². The van der Waals surface area contributed by atoms with Crippen LogP contribution in [0.4, 0.5) is 0 Å². The summed E-state index contributed by atoms with van der Waals surface area (Å²) in [5, 5.41) is 6.88. The lowest BCUT2D eigenvalue weighted by Crippen LogP contribution is -1.97. The van der Waals surface area contributed by atoms with Crippen LogP contribution in [0.15, 0.2) is 12.3 Å². The number of nitrogens with zero attached hydrogens (tertiary/aromatic N) is 1. The van der Waals surface area contributed by atoms with Crippen molar-refractivity contribution in [3.63, 3.8) is 0 Å². The van der Waals surface area contributed by atoms with Gasteiger partial charge in [-0.15, -0.1) is 0 Å². The molecule has 0 amide bonds. The minimum Gasteiger partial charge on any atom is -0.298 e. The summed E-state index contributed by atoms with van der Waals surface area (Å²) in [6.07, 6.45) is 2.41. The van der Waals surface area contributed by atoms with Crippen molar-refractivity contribution in [3.8, 4) is 11.3 Å². The lowest BCUT2D eigenvalue weighted by Gasteiger charge is -2.14. The number of aryl methyl sites for hydroxylation is 2. The molecule has 2 aromatic rings. The zero-order chi connectivity index (χ0) is 12.6. The Kier molecular flexibility index (Phi) is 2.84. The van der Waals surface area contributed by atoms with Gasteiger partial charge in [-0.3, -0.25) is 9.89 Å². The molecule has 0 bridgehead atoms. The highest BCUT2D eigenvalue weighted by Gasteiger charge is 2.15. The van der Waals surface area contributed by atoms with E-state index in [9.17, 15) is 4.79 Å². The second kappa shape index (κ2) is 4.17. The fraction of sp³-hybridized carbons (Fsp3) is 0.286. The number of nitrogens with one attached hydrogen (secondary N) is 1. The first-order valence-corrected chi connectivity index (χ1v) is 5.62. The van der Waals surface area contributed by atoms with Gasteiger partial charge in [0.15, 0.2) is 6.29 Å². The highest BCUT2D eigenvalue weighted by Crippen LogP contribution is 2.31. The van der Waals surface area contributed by atoms with Crippen LogP contribution >= 0.6 is 0 Å². The minimum atomic E-state index is 0.612. The number of rotatable bonds is 2. The molecule has 0 saturated carbocycles. The van der Waals surface area contributed by atoms with Crippen LogP contribution < -0.4 is 0 Å². The third-order valence-electron chi connectivity index (χ3n) is 3.41. The van der Waals surface area contributed by atoms with Crippen LogP contribution in [0.25, 0.3) is 11.3 Å². The number of H-pyrrole nitrogens is 1. The molecule has 3 heteroatoms. The topological polar surface area (TPSA) is 45.8 Å². The molecule has 0 saturated heterocycles. The molecule has 0 radical (unpaired) electrons. The van der Waals surface area contributed by atoms with Crippen LogP contribution in [0.3, 0.4) is 0 Å². The van der Waals surface area contributed by atoms with Crippen LogP contribution in [0.1, 0.15) is 32.6 Å². The number of hydrogen-bond donors (Lipinski definition) is 1. The van der Waals surface area contributed by atoms with Crippen molar-refractivity contribution in [1.29, 1.82) is 0 Å². The zero-order valence-corrected chi connectivity index (χ0v) is 10.6. The summed E-state index contributed by atoms with van der Waals surface area (Å²) in [6.45, 7) is 8.32. The van der Waals surface area contributed by atoms with Gasteiger partial charge in [0.05, 0.1) is 17.5 Å². The van der Waals surface area contributed by atoms with Crippen molar-refractivity contribution in [2.75, 3.05) is 0 Å². The predicted molar refractivity (Wildman–Crippen MR) is 68.4 cm³/mol. The van der Waals surface area contributed by atoms with E-state index in [2.05, 4.69) is 44.0 Å². The molecule has 88 valence electrons. The Labute approximate surface area is 101 Å². The average Bonchev–Trinajstić information content (AvgIpc) is 2.75. The summed E-state index contributed by atoms with van der Waals surface area (Å²) in [5.74, 6) is 0. The predicted octanol–water partition coefficient (Wildman–Crippen LogP) is 3.12. The van der Waals surface area contributed by atoms with E-state index in [0.29, 0.717) is 5.56 Å². The van der Waals surface area contributed by atoms with Gasteiger partial charge in [-0.1, -0.05) is 6.07 Å². The monoisotopic (exact) mass is 228 g/mol. The smallest absolute Gasteiger partial charge is 0.153 e. The molecule has 0 fully saturated rings. The third-order valence-corrected chi connectivity index (χ3v) is 3.41. The Morgan fingerprint density at radius 3 is 2.24 bits per heavy atom. The van der Waals surface area contributed by atoms with Gasteiger partial charge in [0.2, 0.25) is 0 Å². The van der Waals surface area contributed by atoms with Crippen LogP contribution in [-0.4, -0.2) is 16.5 Å².